The molecule has 1 aromatic rings. The SMILES string of the molecule is CC(C)C(C)NC(=O)COc1cc(OCC(=O)NC(C)C(C)C)c(Cl)cc1Cl. The molecule has 8 heteroatoms. The molecule has 0 spiro atoms. The van der Waals surface area contributed by atoms with E-state index < -0.39 is 0 Å². The van der Waals surface area contributed by atoms with Crippen molar-refractivity contribution >= 4 is 35.0 Å². The van der Waals surface area contributed by atoms with Gasteiger partial charge in [-0.3, -0.25) is 9.59 Å². The van der Waals surface area contributed by atoms with Gasteiger partial charge in [0, 0.05) is 18.2 Å². The second kappa shape index (κ2) is 11.4. The zero-order chi connectivity index (χ0) is 21.4. The molecule has 158 valence electrons. The molecule has 0 radical (unpaired) electrons. The molecule has 0 aliphatic heterocycles. The van der Waals surface area contributed by atoms with Gasteiger partial charge in [0.1, 0.15) is 11.5 Å². The van der Waals surface area contributed by atoms with Crippen LogP contribution < -0.4 is 20.1 Å². The number of carbonyl (C=O) groups is 2. The fraction of sp³-hybridized carbons (Fsp3) is 0.600. The zero-order valence-corrected chi connectivity index (χ0v) is 18.8. The summed E-state index contributed by atoms with van der Waals surface area (Å²) in [5.74, 6) is 0.627. The van der Waals surface area contributed by atoms with Crippen LogP contribution in [0.5, 0.6) is 11.5 Å². The number of benzene rings is 1. The van der Waals surface area contributed by atoms with Crippen LogP contribution in [0.15, 0.2) is 12.1 Å². The standard InChI is InChI=1S/C20H30Cl2N2O4/c1-11(2)13(5)23-19(25)9-27-17-8-18(16(22)7-15(17)21)28-10-20(26)24-14(6)12(3)4/h7-8,11-14H,9-10H2,1-6H3,(H,23,25)(H,24,26). The minimum Gasteiger partial charge on any atom is -0.482 e. The zero-order valence-electron chi connectivity index (χ0n) is 17.3. The Morgan fingerprint density at radius 2 is 1.14 bits per heavy atom. The van der Waals surface area contributed by atoms with E-state index in [1.54, 1.807) is 0 Å². The van der Waals surface area contributed by atoms with Crippen LogP contribution in [0.25, 0.3) is 0 Å². The van der Waals surface area contributed by atoms with E-state index in [0.717, 1.165) is 0 Å². The number of ether oxygens (including phenoxy) is 2. The maximum Gasteiger partial charge on any atom is 0.258 e. The molecule has 1 aromatic carbocycles. The minimum atomic E-state index is -0.253. The molecule has 6 nitrogen and oxygen atoms in total. The molecule has 0 saturated carbocycles. The average molecular weight is 433 g/mol. The van der Waals surface area contributed by atoms with Gasteiger partial charge in [-0.25, -0.2) is 0 Å². The molecule has 2 unspecified atom stereocenters. The van der Waals surface area contributed by atoms with Gasteiger partial charge >= 0.3 is 0 Å². The van der Waals surface area contributed by atoms with E-state index in [-0.39, 0.29) is 58.7 Å². The summed E-state index contributed by atoms with van der Waals surface area (Å²) in [5.41, 5.74) is 0. The van der Waals surface area contributed by atoms with Crippen molar-refractivity contribution < 1.29 is 19.1 Å². The fourth-order valence-corrected chi connectivity index (χ4v) is 2.44. The smallest absolute Gasteiger partial charge is 0.258 e. The van der Waals surface area contributed by atoms with Crippen LogP contribution in [-0.4, -0.2) is 37.1 Å². The third-order valence-electron chi connectivity index (χ3n) is 4.48. The summed E-state index contributed by atoms with van der Waals surface area (Å²) in [6.45, 7) is 11.5. The van der Waals surface area contributed by atoms with E-state index >= 15 is 0 Å². The van der Waals surface area contributed by atoms with Crippen molar-refractivity contribution in [1.82, 2.24) is 10.6 Å². The van der Waals surface area contributed by atoms with Crippen molar-refractivity contribution in [2.45, 2.75) is 53.6 Å². The third-order valence-corrected chi connectivity index (χ3v) is 5.07. The second-order valence-corrected chi connectivity index (χ2v) is 8.31. The van der Waals surface area contributed by atoms with Crippen molar-refractivity contribution in [2.24, 2.45) is 11.8 Å². The van der Waals surface area contributed by atoms with Gasteiger partial charge in [-0.05, 0) is 31.7 Å². The van der Waals surface area contributed by atoms with Gasteiger partial charge in [0.05, 0.1) is 10.0 Å². The summed E-state index contributed by atoms with van der Waals surface area (Å²) < 4.78 is 11.0. The van der Waals surface area contributed by atoms with E-state index in [1.165, 1.54) is 12.1 Å². The molecule has 2 amide bonds. The van der Waals surface area contributed by atoms with Crippen LogP contribution in [0.4, 0.5) is 0 Å². The van der Waals surface area contributed by atoms with Gasteiger partial charge in [0.25, 0.3) is 11.8 Å². The number of hydrogen-bond donors (Lipinski definition) is 2. The Kier molecular flexibility index (Phi) is 9.90. The summed E-state index contributed by atoms with van der Waals surface area (Å²) >= 11 is 12.3. The van der Waals surface area contributed by atoms with Crippen LogP contribution in [0.3, 0.4) is 0 Å². The maximum atomic E-state index is 12.0. The van der Waals surface area contributed by atoms with Crippen molar-refractivity contribution in [2.75, 3.05) is 13.2 Å². The Balaban J connectivity index is 2.68. The highest BCUT2D eigenvalue weighted by Crippen LogP contribution is 2.35. The van der Waals surface area contributed by atoms with E-state index in [0.29, 0.717) is 11.8 Å². The monoisotopic (exact) mass is 432 g/mol. The first-order valence-corrected chi connectivity index (χ1v) is 10.1. The quantitative estimate of drug-likeness (QED) is 0.583. The molecule has 0 bridgehead atoms. The summed E-state index contributed by atoms with van der Waals surface area (Å²) in [6.07, 6.45) is 0. The first-order valence-electron chi connectivity index (χ1n) is 9.34. The van der Waals surface area contributed by atoms with Gasteiger partial charge in [0.2, 0.25) is 0 Å². The van der Waals surface area contributed by atoms with E-state index in [4.69, 9.17) is 32.7 Å². The molecule has 0 aliphatic carbocycles. The lowest BCUT2D eigenvalue weighted by molar-refractivity contribution is -0.124. The Bertz CT molecular complexity index is 627. The van der Waals surface area contributed by atoms with Crippen LogP contribution >= 0.6 is 23.2 Å². The molecule has 2 N–H and O–H groups in total. The van der Waals surface area contributed by atoms with Gasteiger partial charge in [0.15, 0.2) is 13.2 Å². The van der Waals surface area contributed by atoms with Crippen LogP contribution in [0.1, 0.15) is 41.5 Å². The van der Waals surface area contributed by atoms with Gasteiger partial charge in [-0.1, -0.05) is 50.9 Å². The van der Waals surface area contributed by atoms with Crippen molar-refractivity contribution in [3.8, 4) is 11.5 Å². The Hall–Kier alpha value is -1.66. The first kappa shape index (κ1) is 24.4. The van der Waals surface area contributed by atoms with Crippen LogP contribution in [0, 0.1) is 11.8 Å². The average Bonchev–Trinajstić information content (AvgIpc) is 2.59. The summed E-state index contributed by atoms with van der Waals surface area (Å²) in [7, 11) is 0. The molecule has 28 heavy (non-hydrogen) atoms. The highest BCUT2D eigenvalue weighted by atomic mass is 35.5. The molecule has 1 rings (SSSR count). The lowest BCUT2D eigenvalue weighted by Gasteiger charge is -2.18. The van der Waals surface area contributed by atoms with Crippen molar-refractivity contribution in [3.63, 3.8) is 0 Å². The number of halogens is 2. The molecular formula is C20H30Cl2N2O4. The van der Waals surface area contributed by atoms with Gasteiger partial charge < -0.3 is 20.1 Å². The van der Waals surface area contributed by atoms with Crippen LogP contribution in [-0.2, 0) is 9.59 Å². The summed E-state index contributed by atoms with van der Waals surface area (Å²) in [5, 5.41) is 6.19. The second-order valence-electron chi connectivity index (χ2n) is 7.49. The van der Waals surface area contributed by atoms with Gasteiger partial charge in [-0.2, -0.15) is 0 Å². The van der Waals surface area contributed by atoms with E-state index in [1.807, 2.05) is 41.5 Å². The molecule has 0 aliphatic rings. The van der Waals surface area contributed by atoms with Crippen LogP contribution in [0.2, 0.25) is 10.0 Å². The molecule has 0 saturated heterocycles. The van der Waals surface area contributed by atoms with Crippen molar-refractivity contribution in [1.29, 1.82) is 0 Å². The normalized spacial score (nSPS) is 13.2. The predicted octanol–water partition coefficient (Wildman–Crippen LogP) is 4.07. The number of nitrogens with one attached hydrogen (secondary N) is 2. The predicted molar refractivity (Wildman–Crippen MR) is 112 cm³/mol. The largest absolute Gasteiger partial charge is 0.482 e. The first-order chi connectivity index (χ1) is 13.0. The highest BCUT2D eigenvalue weighted by Gasteiger charge is 2.16. The topological polar surface area (TPSA) is 76.7 Å². The van der Waals surface area contributed by atoms with E-state index in [2.05, 4.69) is 10.6 Å². The minimum absolute atomic E-state index is 0.0300. The third kappa shape index (κ3) is 8.15. The summed E-state index contributed by atoms with van der Waals surface area (Å²) in [4.78, 5) is 24.0. The lowest BCUT2D eigenvalue weighted by atomic mass is 10.1. The molecule has 0 aromatic heterocycles. The number of amides is 2. The van der Waals surface area contributed by atoms with Crippen molar-refractivity contribution in [3.05, 3.63) is 22.2 Å². The maximum absolute atomic E-state index is 12.0. The number of rotatable bonds is 10. The highest BCUT2D eigenvalue weighted by molar-refractivity contribution is 6.36. The van der Waals surface area contributed by atoms with E-state index in [9.17, 15) is 9.59 Å². The number of carbonyl (C=O) groups excluding carboxylic acids is 2. The molecule has 2 atom stereocenters. The fourth-order valence-electron chi connectivity index (χ4n) is 1.94. The molecular weight excluding hydrogens is 403 g/mol. The molecule has 0 heterocycles. The Morgan fingerprint density at radius 3 is 1.46 bits per heavy atom. The van der Waals surface area contributed by atoms with Gasteiger partial charge in [-0.15, -0.1) is 0 Å². The Morgan fingerprint density at radius 1 is 0.786 bits per heavy atom. The Labute approximate surface area is 177 Å². The number of hydrogen-bond acceptors (Lipinski definition) is 4. The lowest BCUT2D eigenvalue weighted by Crippen LogP contribution is -2.39. The summed E-state index contributed by atoms with van der Waals surface area (Å²) in [6, 6.07) is 2.99. The molecule has 0 fully saturated rings.